The Bertz CT molecular complexity index is 673. The number of carbonyl (C=O) groups is 1. The molecule has 10 heteroatoms. The number of nitrogens with zero attached hydrogens (tertiary/aromatic N) is 2. The molecule has 24 heavy (non-hydrogen) atoms. The van der Waals surface area contributed by atoms with Gasteiger partial charge in [-0.3, -0.25) is 4.79 Å². The third-order valence-electron chi connectivity index (χ3n) is 3.14. The molecule has 0 bridgehead atoms. The summed E-state index contributed by atoms with van der Waals surface area (Å²) >= 11 is 0. The number of benzene rings is 1. The summed E-state index contributed by atoms with van der Waals surface area (Å²) in [5, 5.41) is 9.00. The van der Waals surface area contributed by atoms with Crippen LogP contribution in [0.2, 0.25) is 0 Å². The van der Waals surface area contributed by atoms with Crippen LogP contribution in [0.15, 0.2) is 28.8 Å². The Hall–Kier alpha value is -2.13. The van der Waals surface area contributed by atoms with Crippen molar-refractivity contribution in [3.63, 3.8) is 0 Å². The zero-order valence-electron chi connectivity index (χ0n) is 12.8. The zero-order chi connectivity index (χ0) is 17.0. The predicted molar refractivity (Wildman–Crippen MR) is 82.8 cm³/mol. The Kier molecular flexibility index (Phi) is 6.73. The molecule has 1 heterocycles. The van der Waals surface area contributed by atoms with Gasteiger partial charge in [0, 0.05) is 23.7 Å². The molecule has 1 atom stereocenters. The largest absolute Gasteiger partial charge is 0.471 e. The summed E-state index contributed by atoms with van der Waals surface area (Å²) in [6.07, 6.45) is -4.69. The fraction of sp³-hybridized carbons (Fsp3) is 0.357. The maximum Gasteiger partial charge on any atom is 0.471 e. The molecule has 2 rings (SSSR count). The molecule has 1 aromatic heterocycles. The number of carbonyl (C=O) groups excluding carboxylic acids is 1. The van der Waals surface area contributed by atoms with Crippen molar-refractivity contribution >= 4 is 18.3 Å². The Labute approximate surface area is 142 Å². The van der Waals surface area contributed by atoms with Gasteiger partial charge < -0.3 is 15.2 Å². The van der Waals surface area contributed by atoms with Crippen LogP contribution in [0.3, 0.4) is 0 Å². The van der Waals surface area contributed by atoms with Gasteiger partial charge in [0.15, 0.2) is 0 Å². The van der Waals surface area contributed by atoms with Gasteiger partial charge in [-0.15, -0.1) is 12.4 Å². The maximum atomic E-state index is 12.4. The van der Waals surface area contributed by atoms with Gasteiger partial charge in [0.2, 0.25) is 5.82 Å². The summed E-state index contributed by atoms with van der Waals surface area (Å²) in [5.74, 6) is -1.87. The molecule has 0 radical (unpaired) electrons. The normalized spacial score (nSPS) is 12.4. The molecule has 132 valence electrons. The minimum Gasteiger partial charge on any atom is -0.350 e. The first-order valence-corrected chi connectivity index (χ1v) is 6.78. The SMILES string of the molecule is CNC(C)CNC(=O)c1ccc(-c2noc(C(F)(F)F)n2)cc1.Cl. The van der Waals surface area contributed by atoms with Crippen LogP contribution in [0.5, 0.6) is 0 Å². The molecule has 0 spiro atoms. The van der Waals surface area contributed by atoms with E-state index in [1.165, 1.54) is 24.3 Å². The van der Waals surface area contributed by atoms with Gasteiger partial charge in [-0.1, -0.05) is 17.3 Å². The number of likely N-dealkylation sites (N-methyl/N-ethyl adjacent to an activating group) is 1. The minimum atomic E-state index is -4.69. The Morgan fingerprint density at radius 1 is 1.29 bits per heavy atom. The first kappa shape index (κ1) is 19.9. The summed E-state index contributed by atoms with van der Waals surface area (Å²) in [7, 11) is 1.78. The molecule has 0 saturated heterocycles. The van der Waals surface area contributed by atoms with E-state index < -0.39 is 12.1 Å². The molecule has 0 aliphatic heterocycles. The smallest absolute Gasteiger partial charge is 0.350 e. The second kappa shape index (κ2) is 8.11. The molecule has 0 aliphatic rings. The fourth-order valence-corrected chi connectivity index (χ4v) is 1.68. The van der Waals surface area contributed by atoms with Crippen molar-refractivity contribution in [1.82, 2.24) is 20.8 Å². The lowest BCUT2D eigenvalue weighted by Crippen LogP contribution is -2.37. The third kappa shape index (κ3) is 4.93. The molecule has 2 aromatic rings. The number of aromatic nitrogens is 2. The van der Waals surface area contributed by atoms with Crippen molar-refractivity contribution in [2.24, 2.45) is 0 Å². The van der Waals surface area contributed by atoms with Crippen LogP contribution in [0, 0.1) is 0 Å². The van der Waals surface area contributed by atoms with Crippen LogP contribution in [0.4, 0.5) is 13.2 Å². The van der Waals surface area contributed by atoms with Crippen molar-refractivity contribution in [3.05, 3.63) is 35.7 Å². The fourth-order valence-electron chi connectivity index (χ4n) is 1.68. The number of halogens is 4. The van der Waals surface area contributed by atoms with Crippen LogP contribution < -0.4 is 10.6 Å². The van der Waals surface area contributed by atoms with E-state index in [4.69, 9.17) is 0 Å². The molecule has 1 aromatic carbocycles. The van der Waals surface area contributed by atoms with Gasteiger partial charge in [-0.2, -0.15) is 18.2 Å². The van der Waals surface area contributed by atoms with Gasteiger partial charge in [0.25, 0.3) is 5.91 Å². The lowest BCUT2D eigenvalue weighted by molar-refractivity contribution is -0.159. The first-order valence-electron chi connectivity index (χ1n) is 6.78. The molecule has 0 aliphatic carbocycles. The monoisotopic (exact) mass is 364 g/mol. The van der Waals surface area contributed by atoms with Crippen molar-refractivity contribution in [2.45, 2.75) is 19.1 Å². The summed E-state index contributed by atoms with van der Waals surface area (Å²) in [5.41, 5.74) is 0.709. The highest BCUT2D eigenvalue weighted by Crippen LogP contribution is 2.29. The highest BCUT2D eigenvalue weighted by atomic mass is 35.5. The highest BCUT2D eigenvalue weighted by Gasteiger charge is 2.38. The van der Waals surface area contributed by atoms with Crippen molar-refractivity contribution in [2.75, 3.05) is 13.6 Å². The van der Waals surface area contributed by atoms with E-state index in [0.717, 1.165) is 0 Å². The summed E-state index contributed by atoms with van der Waals surface area (Å²) in [4.78, 5) is 15.2. The van der Waals surface area contributed by atoms with Gasteiger partial charge in [0.1, 0.15) is 0 Å². The van der Waals surface area contributed by atoms with Crippen molar-refractivity contribution in [1.29, 1.82) is 0 Å². The van der Waals surface area contributed by atoms with Crippen LogP contribution in [0.25, 0.3) is 11.4 Å². The Morgan fingerprint density at radius 2 is 1.92 bits per heavy atom. The molecule has 6 nitrogen and oxygen atoms in total. The maximum absolute atomic E-state index is 12.4. The van der Waals surface area contributed by atoms with E-state index in [1.807, 2.05) is 6.92 Å². The average Bonchev–Trinajstić information content (AvgIpc) is 3.02. The quantitative estimate of drug-likeness (QED) is 0.852. The van der Waals surface area contributed by atoms with E-state index in [9.17, 15) is 18.0 Å². The van der Waals surface area contributed by atoms with E-state index >= 15 is 0 Å². The van der Waals surface area contributed by atoms with E-state index in [1.54, 1.807) is 7.05 Å². The standard InChI is InChI=1S/C14H15F3N4O2.ClH/c1-8(18-2)7-19-12(22)10-5-3-9(4-6-10)11-20-13(23-21-11)14(15,16)17;/h3-6,8,18H,7H2,1-2H3,(H,19,22);1H. The van der Waals surface area contributed by atoms with E-state index in [-0.39, 0.29) is 30.2 Å². The number of alkyl halides is 3. The minimum absolute atomic E-state index is 0. The summed E-state index contributed by atoms with van der Waals surface area (Å²) in [6.45, 7) is 2.37. The van der Waals surface area contributed by atoms with Crippen molar-refractivity contribution < 1.29 is 22.5 Å². The van der Waals surface area contributed by atoms with Crippen LogP contribution in [0.1, 0.15) is 23.2 Å². The van der Waals surface area contributed by atoms with Crippen LogP contribution >= 0.6 is 12.4 Å². The van der Waals surface area contributed by atoms with Gasteiger partial charge in [-0.25, -0.2) is 0 Å². The number of amides is 1. The van der Waals surface area contributed by atoms with Gasteiger partial charge in [-0.05, 0) is 26.1 Å². The summed E-state index contributed by atoms with van der Waals surface area (Å²) < 4.78 is 41.4. The molecular formula is C14H16ClF3N4O2. The second-order valence-corrected chi connectivity index (χ2v) is 4.90. The molecule has 0 fully saturated rings. The van der Waals surface area contributed by atoms with E-state index in [2.05, 4.69) is 25.3 Å². The molecule has 2 N–H and O–H groups in total. The summed E-state index contributed by atoms with van der Waals surface area (Å²) in [6, 6.07) is 6.01. The van der Waals surface area contributed by atoms with Crippen molar-refractivity contribution in [3.8, 4) is 11.4 Å². The van der Waals surface area contributed by atoms with Gasteiger partial charge in [0.05, 0.1) is 0 Å². The first-order chi connectivity index (χ1) is 10.8. The number of nitrogens with one attached hydrogen (secondary N) is 2. The molecular weight excluding hydrogens is 349 g/mol. The predicted octanol–water partition coefficient (Wildman–Crippen LogP) is 2.51. The number of rotatable bonds is 5. The Balaban J connectivity index is 0.00000288. The Morgan fingerprint density at radius 3 is 2.42 bits per heavy atom. The van der Waals surface area contributed by atoms with E-state index in [0.29, 0.717) is 17.7 Å². The van der Waals surface area contributed by atoms with Crippen LogP contribution in [-0.2, 0) is 6.18 Å². The second-order valence-electron chi connectivity index (χ2n) is 4.90. The average molecular weight is 365 g/mol. The zero-order valence-corrected chi connectivity index (χ0v) is 13.7. The lowest BCUT2D eigenvalue weighted by Gasteiger charge is -2.11. The number of hydrogen-bond donors (Lipinski definition) is 2. The topological polar surface area (TPSA) is 80.0 Å². The lowest BCUT2D eigenvalue weighted by atomic mass is 10.1. The molecule has 0 saturated carbocycles. The molecule has 1 amide bonds. The van der Waals surface area contributed by atoms with Gasteiger partial charge >= 0.3 is 12.1 Å². The number of hydrogen-bond acceptors (Lipinski definition) is 5. The third-order valence-corrected chi connectivity index (χ3v) is 3.14. The van der Waals surface area contributed by atoms with Crippen LogP contribution in [-0.4, -0.2) is 35.7 Å². The highest BCUT2D eigenvalue weighted by molar-refractivity contribution is 5.94. The molecule has 1 unspecified atom stereocenters.